The molecule has 0 aliphatic heterocycles. The van der Waals surface area contributed by atoms with Crippen molar-refractivity contribution in [1.29, 1.82) is 5.26 Å². The minimum atomic E-state index is -0.362. The molecule has 0 bridgehead atoms. The third kappa shape index (κ3) is 3.06. The molecule has 0 radical (unpaired) electrons. The molecule has 84 valence electrons. The smallest absolute Gasteiger partial charge is 0.251 e. The van der Waals surface area contributed by atoms with Crippen molar-refractivity contribution in [2.45, 2.75) is 13.8 Å². The first kappa shape index (κ1) is 12.2. The van der Waals surface area contributed by atoms with E-state index in [-0.39, 0.29) is 17.6 Å². The number of hydrogen-bond acceptors (Lipinski definition) is 2. The predicted molar refractivity (Wildman–Crippen MR) is 58.2 cm³/mol. The second kappa shape index (κ2) is 5.26. The molecule has 1 N–H and O–H groups in total. The molecule has 16 heavy (non-hydrogen) atoms. The summed E-state index contributed by atoms with van der Waals surface area (Å²) in [5.41, 5.74) is 1.02. The molecule has 1 aromatic carbocycles. The number of aryl methyl sites for hydroxylation is 1. The molecule has 1 aromatic rings. The Balaban J connectivity index is 2.71. The lowest BCUT2D eigenvalue weighted by atomic mass is 10.1. The van der Waals surface area contributed by atoms with E-state index in [2.05, 4.69) is 5.32 Å². The highest BCUT2D eigenvalue weighted by Crippen LogP contribution is 2.09. The van der Waals surface area contributed by atoms with Crippen molar-refractivity contribution in [3.8, 4) is 6.07 Å². The van der Waals surface area contributed by atoms with Crippen LogP contribution in [0.5, 0.6) is 0 Å². The van der Waals surface area contributed by atoms with Gasteiger partial charge in [-0.25, -0.2) is 4.39 Å². The normalized spacial score (nSPS) is 11.6. The second-order valence-corrected chi connectivity index (χ2v) is 3.70. The lowest BCUT2D eigenvalue weighted by Gasteiger charge is -2.08. The Morgan fingerprint density at radius 3 is 2.88 bits per heavy atom. The molecular formula is C12H13FN2O. The molecule has 1 unspecified atom stereocenters. The summed E-state index contributed by atoms with van der Waals surface area (Å²) in [6.45, 7) is 3.69. The van der Waals surface area contributed by atoms with E-state index in [1.807, 2.05) is 6.07 Å². The van der Waals surface area contributed by atoms with Gasteiger partial charge in [0, 0.05) is 12.1 Å². The van der Waals surface area contributed by atoms with Crippen LogP contribution in [0, 0.1) is 30.0 Å². The molecule has 0 aromatic heterocycles. The molecule has 1 rings (SSSR count). The second-order valence-electron chi connectivity index (χ2n) is 3.70. The minimum absolute atomic E-state index is 0.232. The van der Waals surface area contributed by atoms with E-state index in [4.69, 9.17) is 5.26 Å². The third-order valence-corrected chi connectivity index (χ3v) is 2.22. The maximum Gasteiger partial charge on any atom is 0.251 e. The van der Waals surface area contributed by atoms with Crippen molar-refractivity contribution in [3.05, 3.63) is 35.1 Å². The lowest BCUT2D eigenvalue weighted by Crippen LogP contribution is -2.28. The SMILES string of the molecule is Cc1cc(F)ccc1C(=O)NCC(C)C#N. The van der Waals surface area contributed by atoms with Gasteiger partial charge in [-0.2, -0.15) is 5.26 Å². The summed E-state index contributed by atoms with van der Waals surface area (Å²) in [7, 11) is 0. The van der Waals surface area contributed by atoms with Crippen LogP contribution in [-0.2, 0) is 0 Å². The van der Waals surface area contributed by atoms with Crippen LogP contribution in [0.2, 0.25) is 0 Å². The molecule has 0 heterocycles. The van der Waals surface area contributed by atoms with Crippen molar-refractivity contribution in [1.82, 2.24) is 5.32 Å². The topological polar surface area (TPSA) is 52.9 Å². The average Bonchev–Trinajstić information content (AvgIpc) is 2.25. The average molecular weight is 220 g/mol. The number of nitrogens with one attached hydrogen (secondary N) is 1. The summed E-state index contributed by atoms with van der Waals surface area (Å²) in [6.07, 6.45) is 0. The Labute approximate surface area is 93.9 Å². The summed E-state index contributed by atoms with van der Waals surface area (Å²) in [4.78, 5) is 11.7. The van der Waals surface area contributed by atoms with E-state index in [9.17, 15) is 9.18 Å². The summed E-state index contributed by atoms with van der Waals surface area (Å²) >= 11 is 0. The largest absolute Gasteiger partial charge is 0.351 e. The van der Waals surface area contributed by atoms with Gasteiger partial charge in [-0.05, 0) is 37.6 Å². The van der Waals surface area contributed by atoms with Crippen molar-refractivity contribution in [3.63, 3.8) is 0 Å². The number of nitrogens with zero attached hydrogens (tertiary/aromatic N) is 1. The predicted octanol–water partition coefficient (Wildman–Crippen LogP) is 2.02. The summed E-state index contributed by atoms with van der Waals surface area (Å²) in [5.74, 6) is -0.872. The van der Waals surface area contributed by atoms with Gasteiger partial charge in [-0.3, -0.25) is 4.79 Å². The van der Waals surface area contributed by atoms with Gasteiger partial charge in [0.25, 0.3) is 5.91 Å². The molecule has 0 saturated heterocycles. The molecule has 0 fully saturated rings. The molecule has 0 saturated carbocycles. The van der Waals surface area contributed by atoms with Gasteiger partial charge in [0.05, 0.1) is 12.0 Å². The zero-order valence-corrected chi connectivity index (χ0v) is 9.25. The Bertz CT molecular complexity index is 437. The van der Waals surface area contributed by atoms with E-state index in [0.29, 0.717) is 17.7 Å². The van der Waals surface area contributed by atoms with Gasteiger partial charge in [0.1, 0.15) is 5.82 Å². The van der Waals surface area contributed by atoms with E-state index in [0.717, 1.165) is 0 Å². The summed E-state index contributed by atoms with van der Waals surface area (Å²) in [5, 5.41) is 11.2. The maximum atomic E-state index is 12.8. The number of benzene rings is 1. The fourth-order valence-corrected chi connectivity index (χ4v) is 1.27. The van der Waals surface area contributed by atoms with Gasteiger partial charge < -0.3 is 5.32 Å². The van der Waals surface area contributed by atoms with Crippen LogP contribution >= 0.6 is 0 Å². The number of carbonyl (C=O) groups is 1. The molecule has 0 spiro atoms. The van der Waals surface area contributed by atoms with Crippen molar-refractivity contribution in [2.24, 2.45) is 5.92 Å². The third-order valence-electron chi connectivity index (χ3n) is 2.22. The van der Waals surface area contributed by atoms with Crippen LogP contribution in [-0.4, -0.2) is 12.5 Å². The Morgan fingerprint density at radius 2 is 2.31 bits per heavy atom. The minimum Gasteiger partial charge on any atom is -0.351 e. The van der Waals surface area contributed by atoms with Crippen molar-refractivity contribution < 1.29 is 9.18 Å². The lowest BCUT2D eigenvalue weighted by molar-refractivity contribution is 0.0950. The summed E-state index contributed by atoms with van der Waals surface area (Å²) < 4.78 is 12.8. The Kier molecular flexibility index (Phi) is 4.01. The number of amides is 1. The number of rotatable bonds is 3. The molecule has 1 atom stereocenters. The van der Waals surface area contributed by atoms with E-state index in [1.165, 1.54) is 18.2 Å². The van der Waals surface area contributed by atoms with Gasteiger partial charge >= 0.3 is 0 Å². The zero-order valence-electron chi connectivity index (χ0n) is 9.25. The van der Waals surface area contributed by atoms with Crippen LogP contribution in [0.15, 0.2) is 18.2 Å². The highest BCUT2D eigenvalue weighted by Gasteiger charge is 2.10. The quantitative estimate of drug-likeness (QED) is 0.847. The molecular weight excluding hydrogens is 207 g/mol. The first-order chi connectivity index (χ1) is 7.54. The molecule has 0 aliphatic rings. The van der Waals surface area contributed by atoms with E-state index in [1.54, 1.807) is 13.8 Å². The monoisotopic (exact) mass is 220 g/mol. The molecule has 0 aliphatic carbocycles. The van der Waals surface area contributed by atoms with Crippen LogP contribution in [0.4, 0.5) is 4.39 Å². The number of nitriles is 1. The van der Waals surface area contributed by atoms with E-state index < -0.39 is 0 Å². The number of halogens is 1. The Morgan fingerprint density at radius 1 is 1.62 bits per heavy atom. The van der Waals surface area contributed by atoms with Crippen LogP contribution < -0.4 is 5.32 Å². The highest BCUT2D eigenvalue weighted by molar-refractivity contribution is 5.95. The van der Waals surface area contributed by atoms with Gasteiger partial charge in [0.15, 0.2) is 0 Å². The van der Waals surface area contributed by atoms with Crippen molar-refractivity contribution >= 4 is 5.91 Å². The van der Waals surface area contributed by atoms with Crippen LogP contribution in [0.25, 0.3) is 0 Å². The molecule has 1 amide bonds. The first-order valence-corrected chi connectivity index (χ1v) is 4.98. The van der Waals surface area contributed by atoms with Crippen LogP contribution in [0.1, 0.15) is 22.8 Å². The van der Waals surface area contributed by atoms with Gasteiger partial charge in [-0.1, -0.05) is 0 Å². The zero-order chi connectivity index (χ0) is 12.1. The Hall–Kier alpha value is -1.89. The van der Waals surface area contributed by atoms with Crippen molar-refractivity contribution in [2.75, 3.05) is 6.54 Å². The number of hydrogen-bond donors (Lipinski definition) is 1. The maximum absolute atomic E-state index is 12.8. The standard InChI is InChI=1S/C12H13FN2O/c1-8(6-14)7-15-12(16)11-4-3-10(13)5-9(11)2/h3-5,8H,7H2,1-2H3,(H,15,16). The van der Waals surface area contributed by atoms with Gasteiger partial charge in [-0.15, -0.1) is 0 Å². The number of carbonyl (C=O) groups excluding carboxylic acids is 1. The molecule has 3 nitrogen and oxygen atoms in total. The van der Waals surface area contributed by atoms with Crippen LogP contribution in [0.3, 0.4) is 0 Å². The fourth-order valence-electron chi connectivity index (χ4n) is 1.27. The van der Waals surface area contributed by atoms with Gasteiger partial charge in [0.2, 0.25) is 0 Å². The fraction of sp³-hybridized carbons (Fsp3) is 0.333. The summed E-state index contributed by atoms with van der Waals surface area (Å²) in [6, 6.07) is 6.02. The first-order valence-electron chi connectivity index (χ1n) is 4.98. The molecule has 4 heteroatoms. The highest BCUT2D eigenvalue weighted by atomic mass is 19.1. The van der Waals surface area contributed by atoms with E-state index >= 15 is 0 Å².